The summed E-state index contributed by atoms with van der Waals surface area (Å²) in [6, 6.07) is 8.97. The SMILES string of the molecule is CC(C)CC1(C)NC2[NH2+]C2N(Cc2ccc(CNC(=O)Nc3ccc(F)c(C(F)(F)F)c3)cc2)C1=O. The number of nitrogens with one attached hydrogen (secondary N) is 3. The Morgan fingerprint density at radius 1 is 1.17 bits per heavy atom. The maximum atomic E-state index is 13.4. The number of halogens is 4. The first-order valence-corrected chi connectivity index (χ1v) is 11.8. The molecule has 3 amide bonds. The van der Waals surface area contributed by atoms with E-state index in [2.05, 4.69) is 35.1 Å². The number of anilines is 1. The van der Waals surface area contributed by atoms with Gasteiger partial charge in [0.25, 0.3) is 0 Å². The molecule has 5 N–H and O–H groups in total. The quantitative estimate of drug-likeness (QED) is 0.342. The predicted molar refractivity (Wildman–Crippen MR) is 125 cm³/mol. The number of carbonyl (C=O) groups is 2. The minimum atomic E-state index is -4.86. The van der Waals surface area contributed by atoms with Crippen LogP contribution in [0.3, 0.4) is 0 Å². The van der Waals surface area contributed by atoms with Crippen molar-refractivity contribution in [3.05, 3.63) is 65.0 Å². The van der Waals surface area contributed by atoms with Crippen LogP contribution >= 0.6 is 0 Å². The van der Waals surface area contributed by atoms with E-state index in [1.807, 2.05) is 36.1 Å². The van der Waals surface area contributed by atoms with Crippen molar-refractivity contribution >= 4 is 17.6 Å². The van der Waals surface area contributed by atoms with Crippen LogP contribution in [-0.4, -0.2) is 34.7 Å². The Morgan fingerprint density at radius 3 is 2.47 bits per heavy atom. The van der Waals surface area contributed by atoms with Crippen molar-refractivity contribution < 1.29 is 32.5 Å². The average Bonchev–Trinajstić information content (AvgIpc) is 3.54. The summed E-state index contributed by atoms with van der Waals surface area (Å²) in [5, 5.41) is 10.4. The summed E-state index contributed by atoms with van der Waals surface area (Å²) in [7, 11) is 0. The molecule has 0 saturated carbocycles. The van der Waals surface area contributed by atoms with Crippen molar-refractivity contribution in [1.29, 1.82) is 0 Å². The summed E-state index contributed by atoms with van der Waals surface area (Å²) < 4.78 is 52.0. The molecule has 0 aromatic heterocycles. The number of urea groups is 1. The first kappa shape index (κ1) is 25.9. The second-order valence-corrected chi connectivity index (χ2v) is 10.0. The van der Waals surface area contributed by atoms with Gasteiger partial charge in [0, 0.05) is 12.2 Å². The molecule has 4 rings (SSSR count). The fourth-order valence-corrected chi connectivity index (χ4v) is 4.74. The Morgan fingerprint density at radius 2 is 1.83 bits per heavy atom. The number of piperazine rings is 1. The van der Waals surface area contributed by atoms with Gasteiger partial charge < -0.3 is 10.6 Å². The zero-order valence-electron chi connectivity index (χ0n) is 20.2. The maximum absolute atomic E-state index is 13.4. The van der Waals surface area contributed by atoms with E-state index in [0.717, 1.165) is 23.6 Å². The van der Waals surface area contributed by atoms with Crippen molar-refractivity contribution in [3.8, 4) is 0 Å². The van der Waals surface area contributed by atoms with Gasteiger partial charge in [0.1, 0.15) is 11.4 Å². The average molecular weight is 509 g/mol. The first-order chi connectivity index (χ1) is 16.9. The van der Waals surface area contributed by atoms with Crippen LogP contribution in [0.4, 0.5) is 28.0 Å². The maximum Gasteiger partial charge on any atom is 0.419 e. The molecule has 194 valence electrons. The molecule has 2 aliphatic rings. The molecule has 0 bridgehead atoms. The number of nitrogens with two attached hydrogens (primary N) is 1. The van der Waals surface area contributed by atoms with Crippen molar-refractivity contribution in [1.82, 2.24) is 15.5 Å². The Hall–Kier alpha value is -3.18. The van der Waals surface area contributed by atoms with Gasteiger partial charge in [0.2, 0.25) is 18.2 Å². The molecule has 3 atom stereocenters. The van der Waals surface area contributed by atoms with Crippen LogP contribution in [-0.2, 0) is 24.1 Å². The van der Waals surface area contributed by atoms with Gasteiger partial charge in [-0.2, -0.15) is 13.2 Å². The van der Waals surface area contributed by atoms with Gasteiger partial charge in [0.15, 0.2) is 0 Å². The normalized spacial score (nSPS) is 23.4. The van der Waals surface area contributed by atoms with E-state index >= 15 is 0 Å². The zero-order valence-corrected chi connectivity index (χ0v) is 20.2. The number of alkyl halides is 3. The van der Waals surface area contributed by atoms with Gasteiger partial charge in [-0.1, -0.05) is 38.1 Å². The number of hydrogen-bond donors (Lipinski definition) is 4. The van der Waals surface area contributed by atoms with Gasteiger partial charge in [-0.25, -0.2) is 14.5 Å². The molecule has 2 aliphatic heterocycles. The second kappa shape index (κ2) is 9.70. The van der Waals surface area contributed by atoms with E-state index in [1.165, 1.54) is 0 Å². The summed E-state index contributed by atoms with van der Waals surface area (Å²) in [5.74, 6) is -0.943. The highest BCUT2D eigenvalue weighted by Gasteiger charge is 2.60. The van der Waals surface area contributed by atoms with Gasteiger partial charge in [-0.05, 0) is 48.6 Å². The number of quaternary nitrogens is 1. The highest BCUT2D eigenvalue weighted by Crippen LogP contribution is 2.33. The lowest BCUT2D eigenvalue weighted by Gasteiger charge is -2.37. The molecule has 7 nitrogen and oxygen atoms in total. The number of benzene rings is 2. The molecule has 36 heavy (non-hydrogen) atoms. The highest BCUT2D eigenvalue weighted by molar-refractivity contribution is 5.89. The minimum Gasteiger partial charge on any atom is -0.334 e. The van der Waals surface area contributed by atoms with E-state index in [9.17, 15) is 27.2 Å². The predicted octanol–water partition coefficient (Wildman–Crippen LogP) is 3.13. The van der Waals surface area contributed by atoms with Crippen LogP contribution < -0.4 is 21.3 Å². The molecule has 0 radical (unpaired) electrons. The molecule has 11 heteroatoms. The largest absolute Gasteiger partial charge is 0.419 e. The number of rotatable bonds is 7. The summed E-state index contributed by atoms with van der Waals surface area (Å²) in [6.07, 6.45) is -3.81. The number of hydrogen-bond acceptors (Lipinski definition) is 3. The monoisotopic (exact) mass is 508 g/mol. The molecular weight excluding hydrogens is 478 g/mol. The Labute approximate surface area is 206 Å². The van der Waals surface area contributed by atoms with Crippen LogP contribution in [0.15, 0.2) is 42.5 Å². The Kier molecular flexibility index (Phi) is 6.98. The van der Waals surface area contributed by atoms with Gasteiger partial charge in [0.05, 0.1) is 12.1 Å². The number of fused-ring (bicyclic) bond motifs is 1. The van der Waals surface area contributed by atoms with Crippen LogP contribution in [0, 0.1) is 11.7 Å². The van der Waals surface area contributed by atoms with E-state index in [0.29, 0.717) is 24.6 Å². The van der Waals surface area contributed by atoms with Gasteiger partial charge >= 0.3 is 12.2 Å². The smallest absolute Gasteiger partial charge is 0.334 e. The zero-order chi connectivity index (χ0) is 26.3. The molecule has 0 aliphatic carbocycles. The highest BCUT2D eigenvalue weighted by atomic mass is 19.4. The van der Waals surface area contributed by atoms with Crippen LogP contribution in [0.5, 0.6) is 0 Å². The third-order valence-electron chi connectivity index (χ3n) is 6.38. The van der Waals surface area contributed by atoms with E-state index in [1.54, 1.807) is 0 Å². The lowest BCUT2D eigenvalue weighted by Crippen LogP contribution is -2.66. The van der Waals surface area contributed by atoms with Gasteiger partial charge in [-0.3, -0.25) is 15.0 Å². The Balaban J connectivity index is 1.32. The van der Waals surface area contributed by atoms with Gasteiger partial charge in [-0.15, -0.1) is 0 Å². The Bertz CT molecular complexity index is 1130. The molecule has 3 unspecified atom stereocenters. The lowest BCUT2D eigenvalue weighted by molar-refractivity contribution is -0.529. The molecule has 2 heterocycles. The standard InChI is InChI=1S/C25H29F4N5O2/c1-14(2)11-24(3)22(35)34(21-20(32-21)33-24)13-16-6-4-15(5-7-16)12-30-23(36)31-17-8-9-19(26)18(10-17)25(27,28)29/h4-10,14,20-21,32-33H,11-13H2,1-3H3,(H2,30,31,36)/p+1. The van der Waals surface area contributed by atoms with Crippen LogP contribution in [0.2, 0.25) is 0 Å². The second-order valence-electron chi connectivity index (χ2n) is 10.0. The third-order valence-corrected chi connectivity index (χ3v) is 6.38. The molecule has 2 aromatic carbocycles. The first-order valence-electron chi connectivity index (χ1n) is 11.8. The van der Waals surface area contributed by atoms with Crippen LogP contribution in [0.25, 0.3) is 0 Å². The van der Waals surface area contributed by atoms with E-state index in [-0.39, 0.29) is 30.5 Å². The summed E-state index contributed by atoms with van der Waals surface area (Å²) in [5.41, 5.74) is -0.479. The summed E-state index contributed by atoms with van der Waals surface area (Å²) in [4.78, 5) is 27.2. The summed E-state index contributed by atoms with van der Waals surface area (Å²) in [6.45, 7) is 6.77. The van der Waals surface area contributed by atoms with Crippen LogP contribution in [0.1, 0.15) is 43.9 Å². The molecule has 0 spiro atoms. The number of nitrogens with zero attached hydrogens (tertiary/aromatic N) is 1. The number of carbonyl (C=O) groups excluding carboxylic acids is 2. The number of amides is 3. The minimum absolute atomic E-state index is 0.0862. The van der Waals surface area contributed by atoms with E-state index < -0.39 is 29.1 Å². The van der Waals surface area contributed by atoms with Crippen molar-refractivity contribution in [2.24, 2.45) is 5.92 Å². The molecule has 2 aromatic rings. The topological polar surface area (TPSA) is 90.1 Å². The van der Waals surface area contributed by atoms with Crippen molar-refractivity contribution in [3.63, 3.8) is 0 Å². The molecular formula is C25H30F4N5O2+. The van der Waals surface area contributed by atoms with E-state index in [4.69, 9.17) is 0 Å². The third kappa shape index (κ3) is 5.79. The van der Waals surface area contributed by atoms with Crippen molar-refractivity contribution in [2.45, 2.75) is 64.3 Å². The fraction of sp³-hybridized carbons (Fsp3) is 0.440. The lowest BCUT2D eigenvalue weighted by atomic mass is 9.87. The molecule has 2 saturated heterocycles. The summed E-state index contributed by atoms with van der Waals surface area (Å²) >= 11 is 0. The molecule has 2 fully saturated rings. The fourth-order valence-electron chi connectivity index (χ4n) is 4.74. The van der Waals surface area contributed by atoms with Crippen molar-refractivity contribution in [2.75, 3.05) is 5.32 Å².